The van der Waals surface area contributed by atoms with Crippen molar-refractivity contribution >= 4 is 27.5 Å². The van der Waals surface area contributed by atoms with E-state index in [1.165, 1.54) is 0 Å². The Labute approximate surface area is 157 Å². The third-order valence-electron chi connectivity index (χ3n) is 5.71. The average molecular weight is 412 g/mol. The van der Waals surface area contributed by atoms with Crippen LogP contribution in [-0.4, -0.2) is 41.5 Å². The molecule has 6 heteroatoms. The number of aryl methyl sites for hydroxylation is 1. The van der Waals surface area contributed by atoms with E-state index < -0.39 is 11.2 Å². The SMILES string of the molecule is Cc1cc(Br)c2c(c1)[C@@]1(O[C@H](CCO)[C@@H](C(C)(C)O)[C@@H]1C)C(=O)N2C. The van der Waals surface area contributed by atoms with Crippen molar-refractivity contribution in [2.24, 2.45) is 11.8 Å². The second-order valence-corrected chi connectivity index (χ2v) is 8.73. The maximum absolute atomic E-state index is 13.3. The Bertz CT molecular complexity index is 714. The first-order valence-corrected chi connectivity index (χ1v) is 9.44. The van der Waals surface area contributed by atoms with Gasteiger partial charge in [0.1, 0.15) is 0 Å². The van der Waals surface area contributed by atoms with E-state index in [1.54, 1.807) is 25.8 Å². The first-order chi connectivity index (χ1) is 11.6. The molecule has 3 rings (SSSR count). The van der Waals surface area contributed by atoms with Crippen LogP contribution in [0.5, 0.6) is 0 Å². The fraction of sp³-hybridized carbons (Fsp3) is 0.632. The highest BCUT2D eigenvalue weighted by Crippen LogP contribution is 2.58. The highest BCUT2D eigenvalue weighted by molar-refractivity contribution is 9.10. The number of benzene rings is 1. The minimum atomic E-state index is -1.12. The Morgan fingerprint density at radius 1 is 1.40 bits per heavy atom. The monoisotopic (exact) mass is 411 g/mol. The van der Waals surface area contributed by atoms with E-state index in [4.69, 9.17) is 4.74 Å². The highest BCUT2D eigenvalue weighted by atomic mass is 79.9. The van der Waals surface area contributed by atoms with Crippen LogP contribution in [0.25, 0.3) is 0 Å². The molecule has 1 spiro atoms. The van der Waals surface area contributed by atoms with Gasteiger partial charge in [0.25, 0.3) is 5.91 Å². The van der Waals surface area contributed by atoms with Gasteiger partial charge in [-0.05, 0) is 54.8 Å². The average Bonchev–Trinajstić information content (AvgIpc) is 2.88. The van der Waals surface area contributed by atoms with E-state index in [9.17, 15) is 15.0 Å². The lowest BCUT2D eigenvalue weighted by molar-refractivity contribution is -0.146. The summed E-state index contributed by atoms with van der Waals surface area (Å²) in [7, 11) is 1.75. The number of ether oxygens (including phenoxy) is 1. The first kappa shape index (κ1) is 18.8. The molecule has 0 aliphatic carbocycles. The van der Waals surface area contributed by atoms with Gasteiger partial charge in [-0.1, -0.05) is 13.0 Å². The minimum Gasteiger partial charge on any atom is -0.396 e. The summed E-state index contributed by atoms with van der Waals surface area (Å²) in [4.78, 5) is 15.0. The zero-order valence-corrected chi connectivity index (χ0v) is 16.9. The summed E-state index contributed by atoms with van der Waals surface area (Å²) in [6, 6.07) is 3.99. The van der Waals surface area contributed by atoms with Crippen molar-refractivity contribution in [2.75, 3.05) is 18.6 Å². The van der Waals surface area contributed by atoms with Crippen LogP contribution in [0.2, 0.25) is 0 Å². The third kappa shape index (κ3) is 2.57. The molecule has 1 aromatic rings. The van der Waals surface area contributed by atoms with E-state index in [2.05, 4.69) is 15.9 Å². The quantitative estimate of drug-likeness (QED) is 0.801. The normalized spacial score (nSPS) is 31.9. The van der Waals surface area contributed by atoms with Gasteiger partial charge in [-0.25, -0.2) is 0 Å². The third-order valence-corrected chi connectivity index (χ3v) is 6.32. The van der Waals surface area contributed by atoms with Crippen molar-refractivity contribution in [2.45, 2.75) is 51.4 Å². The molecule has 4 atom stereocenters. The van der Waals surface area contributed by atoms with Crippen LogP contribution < -0.4 is 4.90 Å². The second kappa shape index (κ2) is 6.05. The number of anilines is 1. The van der Waals surface area contributed by atoms with Crippen molar-refractivity contribution < 1.29 is 19.7 Å². The lowest BCUT2D eigenvalue weighted by Crippen LogP contribution is -2.45. The predicted octanol–water partition coefficient (Wildman–Crippen LogP) is 2.73. The Morgan fingerprint density at radius 2 is 2.04 bits per heavy atom. The maximum Gasteiger partial charge on any atom is 0.264 e. The molecule has 138 valence electrons. The van der Waals surface area contributed by atoms with Gasteiger partial charge in [0, 0.05) is 35.5 Å². The maximum atomic E-state index is 13.3. The van der Waals surface area contributed by atoms with Crippen molar-refractivity contribution in [3.63, 3.8) is 0 Å². The number of hydrogen-bond donors (Lipinski definition) is 2. The molecule has 2 N–H and O–H groups in total. The summed E-state index contributed by atoms with van der Waals surface area (Å²) in [5.74, 6) is -0.604. The molecule has 5 nitrogen and oxygen atoms in total. The Balaban J connectivity index is 2.22. The molecule has 0 aromatic heterocycles. The van der Waals surface area contributed by atoms with Crippen LogP contribution >= 0.6 is 15.9 Å². The highest BCUT2D eigenvalue weighted by Gasteiger charge is 2.65. The standard InChI is InChI=1S/C19H26BrNO4/c1-10-8-12-16(13(20)9-10)21(5)17(23)19(12)11(2)15(18(3,4)24)14(25-19)6-7-22/h8-9,11,14-15,22,24H,6-7H2,1-5H3/t11-,14+,15-,19+/m0/s1. The van der Waals surface area contributed by atoms with E-state index in [-0.39, 0.29) is 30.5 Å². The molecule has 25 heavy (non-hydrogen) atoms. The fourth-order valence-corrected chi connectivity index (χ4v) is 5.65. The van der Waals surface area contributed by atoms with E-state index >= 15 is 0 Å². The zero-order chi connectivity index (χ0) is 18.7. The van der Waals surface area contributed by atoms with Gasteiger partial charge in [0.05, 0.1) is 17.4 Å². The topological polar surface area (TPSA) is 70.0 Å². The summed E-state index contributed by atoms with van der Waals surface area (Å²) >= 11 is 3.58. The molecule has 0 bridgehead atoms. The predicted molar refractivity (Wildman–Crippen MR) is 99.5 cm³/mol. The number of likely N-dealkylation sites (N-methyl/N-ethyl adjacent to an activating group) is 1. The Kier molecular flexibility index (Phi) is 4.55. The number of rotatable bonds is 3. The zero-order valence-electron chi connectivity index (χ0n) is 15.3. The Hall–Kier alpha value is -0.950. The molecule has 1 fully saturated rings. The van der Waals surface area contributed by atoms with Crippen molar-refractivity contribution in [3.8, 4) is 0 Å². The van der Waals surface area contributed by atoms with E-state index in [1.807, 2.05) is 26.0 Å². The summed E-state index contributed by atoms with van der Waals surface area (Å²) in [5.41, 5.74) is 0.555. The van der Waals surface area contributed by atoms with Crippen LogP contribution in [0.4, 0.5) is 5.69 Å². The molecule has 2 aliphatic rings. The molecule has 0 saturated carbocycles. The summed E-state index contributed by atoms with van der Waals surface area (Å²) in [5, 5.41) is 20.2. The molecule has 1 aromatic carbocycles. The van der Waals surface area contributed by atoms with Crippen molar-refractivity contribution in [1.29, 1.82) is 0 Å². The van der Waals surface area contributed by atoms with Crippen LogP contribution in [0.15, 0.2) is 16.6 Å². The molecule has 0 radical (unpaired) electrons. The number of amides is 1. The van der Waals surface area contributed by atoms with Crippen LogP contribution in [0, 0.1) is 18.8 Å². The number of hydrogen-bond acceptors (Lipinski definition) is 4. The number of nitrogens with zero attached hydrogens (tertiary/aromatic N) is 1. The Morgan fingerprint density at radius 3 is 2.60 bits per heavy atom. The van der Waals surface area contributed by atoms with Gasteiger partial charge in [0.15, 0.2) is 5.60 Å². The molecule has 0 unspecified atom stereocenters. The molecule has 1 saturated heterocycles. The van der Waals surface area contributed by atoms with Crippen LogP contribution in [-0.2, 0) is 15.1 Å². The number of aliphatic hydroxyl groups is 2. The summed E-state index contributed by atoms with van der Waals surface area (Å²) in [6.45, 7) is 7.40. The lowest BCUT2D eigenvalue weighted by atomic mass is 9.71. The first-order valence-electron chi connectivity index (χ1n) is 8.65. The van der Waals surface area contributed by atoms with Gasteiger partial charge in [-0.15, -0.1) is 0 Å². The van der Waals surface area contributed by atoms with Gasteiger partial charge >= 0.3 is 0 Å². The summed E-state index contributed by atoms with van der Waals surface area (Å²) < 4.78 is 7.25. The number of carbonyl (C=O) groups is 1. The number of fused-ring (bicyclic) bond motifs is 2. The smallest absolute Gasteiger partial charge is 0.264 e. The van der Waals surface area contributed by atoms with Crippen LogP contribution in [0.3, 0.4) is 0 Å². The van der Waals surface area contributed by atoms with E-state index in [0.717, 1.165) is 21.3 Å². The largest absolute Gasteiger partial charge is 0.396 e. The number of halogens is 1. The van der Waals surface area contributed by atoms with Gasteiger partial charge in [-0.3, -0.25) is 4.79 Å². The van der Waals surface area contributed by atoms with Crippen LogP contribution in [0.1, 0.15) is 38.3 Å². The molecular weight excluding hydrogens is 386 g/mol. The molecule has 2 heterocycles. The molecular formula is C19H26BrNO4. The number of aliphatic hydroxyl groups excluding tert-OH is 1. The van der Waals surface area contributed by atoms with Crippen molar-refractivity contribution in [3.05, 3.63) is 27.7 Å². The lowest BCUT2D eigenvalue weighted by Gasteiger charge is -2.34. The second-order valence-electron chi connectivity index (χ2n) is 7.88. The van der Waals surface area contributed by atoms with Crippen molar-refractivity contribution in [1.82, 2.24) is 0 Å². The van der Waals surface area contributed by atoms with Gasteiger partial charge in [-0.2, -0.15) is 0 Å². The van der Waals surface area contributed by atoms with Gasteiger partial charge in [0.2, 0.25) is 0 Å². The molecule has 1 amide bonds. The molecule has 2 aliphatic heterocycles. The van der Waals surface area contributed by atoms with E-state index in [0.29, 0.717) is 6.42 Å². The number of carbonyl (C=O) groups excluding carboxylic acids is 1. The van der Waals surface area contributed by atoms with Gasteiger partial charge < -0.3 is 19.8 Å². The fourth-order valence-electron chi connectivity index (χ4n) is 4.81. The minimum absolute atomic E-state index is 0.0472. The summed E-state index contributed by atoms with van der Waals surface area (Å²) in [6.07, 6.45) is 0.00246.